The molecular weight excluding hydrogens is 232 g/mol. The smallest absolute Gasteiger partial charge is 0.317 e. The average Bonchev–Trinajstić information content (AvgIpc) is 2.78. The molecule has 0 aromatic heterocycles. The summed E-state index contributed by atoms with van der Waals surface area (Å²) in [6.45, 7) is 2.33. The fourth-order valence-corrected chi connectivity index (χ4v) is 1.75. The molecule has 1 aromatic rings. The molecular formula is C13H14N2O3. The lowest BCUT2D eigenvalue weighted by molar-refractivity contribution is 0.202. The van der Waals surface area contributed by atoms with Crippen molar-refractivity contribution in [1.82, 2.24) is 10.2 Å². The number of hydrogen-bond acceptors (Lipinski definition) is 3. The summed E-state index contributed by atoms with van der Waals surface area (Å²) in [6, 6.07) is 7.15. The SMILES string of the molecule is O=C1NCCN1CCOc1ccccc1C#CO. The van der Waals surface area contributed by atoms with Crippen LogP contribution in [0.25, 0.3) is 0 Å². The molecule has 2 amide bonds. The van der Waals surface area contributed by atoms with Crippen LogP contribution in [0.5, 0.6) is 5.75 Å². The van der Waals surface area contributed by atoms with Crippen LogP contribution in [0.4, 0.5) is 4.79 Å². The summed E-state index contributed by atoms with van der Waals surface area (Å²) in [5, 5.41) is 11.3. The highest BCUT2D eigenvalue weighted by Crippen LogP contribution is 2.16. The Balaban J connectivity index is 1.89. The average molecular weight is 246 g/mol. The topological polar surface area (TPSA) is 61.8 Å². The molecule has 1 heterocycles. The molecule has 1 aromatic carbocycles. The van der Waals surface area contributed by atoms with Gasteiger partial charge in [0, 0.05) is 13.1 Å². The molecule has 2 rings (SSSR count). The van der Waals surface area contributed by atoms with Crippen molar-refractivity contribution in [3.05, 3.63) is 29.8 Å². The predicted molar refractivity (Wildman–Crippen MR) is 65.7 cm³/mol. The van der Waals surface area contributed by atoms with E-state index in [2.05, 4.69) is 11.2 Å². The number of amides is 2. The molecule has 0 unspecified atom stereocenters. The lowest BCUT2D eigenvalue weighted by Crippen LogP contribution is -2.31. The first kappa shape index (κ1) is 12.1. The number of benzene rings is 1. The third-order valence-electron chi connectivity index (χ3n) is 2.64. The summed E-state index contributed by atoms with van der Waals surface area (Å²) in [4.78, 5) is 13.0. The van der Waals surface area contributed by atoms with E-state index < -0.39 is 0 Å². The van der Waals surface area contributed by atoms with Crippen molar-refractivity contribution >= 4 is 6.03 Å². The van der Waals surface area contributed by atoms with E-state index >= 15 is 0 Å². The number of carbonyl (C=O) groups is 1. The second kappa shape index (κ2) is 5.82. The Morgan fingerprint density at radius 2 is 2.28 bits per heavy atom. The number of hydrogen-bond donors (Lipinski definition) is 2. The van der Waals surface area contributed by atoms with Crippen molar-refractivity contribution < 1.29 is 14.6 Å². The van der Waals surface area contributed by atoms with Gasteiger partial charge in [-0.15, -0.1) is 0 Å². The summed E-state index contributed by atoms with van der Waals surface area (Å²) < 4.78 is 5.56. The summed E-state index contributed by atoms with van der Waals surface area (Å²) in [5.74, 6) is 3.16. The first-order valence-electron chi connectivity index (χ1n) is 5.71. The molecule has 0 bridgehead atoms. The van der Waals surface area contributed by atoms with Crippen molar-refractivity contribution in [2.75, 3.05) is 26.2 Å². The number of urea groups is 1. The van der Waals surface area contributed by atoms with Gasteiger partial charge in [-0.05, 0) is 18.1 Å². The molecule has 0 atom stereocenters. The van der Waals surface area contributed by atoms with Gasteiger partial charge in [-0.1, -0.05) is 12.1 Å². The van der Waals surface area contributed by atoms with Crippen LogP contribution < -0.4 is 10.1 Å². The fraction of sp³-hybridized carbons (Fsp3) is 0.308. The maximum atomic E-state index is 11.3. The van der Waals surface area contributed by atoms with Gasteiger partial charge in [0.15, 0.2) is 0 Å². The number of aliphatic hydroxyl groups is 1. The third-order valence-corrected chi connectivity index (χ3v) is 2.64. The first-order valence-corrected chi connectivity index (χ1v) is 5.71. The van der Waals surface area contributed by atoms with Crippen molar-refractivity contribution in [2.45, 2.75) is 0 Å². The normalized spacial score (nSPS) is 13.8. The van der Waals surface area contributed by atoms with Gasteiger partial charge in [0.2, 0.25) is 0 Å². The third kappa shape index (κ3) is 2.86. The van der Waals surface area contributed by atoms with Crippen LogP contribution in [0.15, 0.2) is 24.3 Å². The Labute approximate surface area is 105 Å². The van der Waals surface area contributed by atoms with Crippen molar-refractivity contribution in [3.8, 4) is 17.8 Å². The van der Waals surface area contributed by atoms with Crippen molar-refractivity contribution in [3.63, 3.8) is 0 Å². The molecule has 0 saturated carbocycles. The Morgan fingerprint density at radius 3 is 3.00 bits per heavy atom. The van der Waals surface area contributed by atoms with Gasteiger partial charge >= 0.3 is 6.03 Å². The fourth-order valence-electron chi connectivity index (χ4n) is 1.75. The zero-order valence-electron chi connectivity index (χ0n) is 9.85. The minimum atomic E-state index is -0.0537. The summed E-state index contributed by atoms with van der Waals surface area (Å²) in [6.07, 6.45) is 1.86. The van der Waals surface area contributed by atoms with Gasteiger partial charge < -0.3 is 20.1 Å². The van der Waals surface area contributed by atoms with Crippen molar-refractivity contribution in [2.24, 2.45) is 0 Å². The van der Waals surface area contributed by atoms with E-state index in [1.807, 2.05) is 18.2 Å². The highest BCUT2D eigenvalue weighted by molar-refractivity contribution is 5.76. The molecule has 0 aliphatic carbocycles. The Morgan fingerprint density at radius 1 is 1.44 bits per heavy atom. The van der Waals surface area contributed by atoms with Crippen molar-refractivity contribution in [1.29, 1.82) is 0 Å². The second-order valence-electron chi connectivity index (χ2n) is 3.80. The van der Waals surface area contributed by atoms with Crippen LogP contribution in [0.3, 0.4) is 0 Å². The summed E-state index contributed by atoms with van der Waals surface area (Å²) >= 11 is 0. The van der Waals surface area contributed by atoms with E-state index in [-0.39, 0.29) is 6.03 Å². The van der Waals surface area contributed by atoms with Gasteiger partial charge in [0.1, 0.15) is 18.5 Å². The number of nitrogens with one attached hydrogen (secondary N) is 1. The maximum absolute atomic E-state index is 11.3. The van der Waals surface area contributed by atoms with E-state index in [1.54, 1.807) is 17.0 Å². The summed E-state index contributed by atoms with van der Waals surface area (Å²) in [7, 11) is 0. The molecule has 0 spiro atoms. The molecule has 1 saturated heterocycles. The lowest BCUT2D eigenvalue weighted by Gasteiger charge is -2.15. The number of carbonyl (C=O) groups excluding carboxylic acids is 1. The Kier molecular flexibility index (Phi) is 3.92. The molecule has 94 valence electrons. The molecule has 1 aliphatic heterocycles. The van der Waals surface area contributed by atoms with Crippen LogP contribution in [-0.4, -0.2) is 42.3 Å². The van der Waals surface area contributed by atoms with Crippen LogP contribution in [0.1, 0.15) is 5.56 Å². The number of aliphatic hydroxyl groups excluding tert-OH is 1. The number of ether oxygens (including phenoxy) is 1. The largest absolute Gasteiger partial charge is 0.490 e. The molecule has 0 radical (unpaired) electrons. The van der Waals surface area contributed by atoms with Gasteiger partial charge in [-0.25, -0.2) is 4.79 Å². The van der Waals surface area contributed by atoms with Gasteiger partial charge in [0.05, 0.1) is 12.1 Å². The molecule has 5 heteroatoms. The Bertz CT molecular complexity index is 490. The molecule has 5 nitrogen and oxygen atoms in total. The van der Waals surface area contributed by atoms with E-state index in [1.165, 1.54) is 0 Å². The number of rotatable bonds is 4. The predicted octanol–water partition coefficient (Wildman–Crippen LogP) is 0.772. The highest BCUT2D eigenvalue weighted by atomic mass is 16.5. The Hall–Kier alpha value is -2.35. The van der Waals surface area contributed by atoms with Crippen LogP contribution in [0.2, 0.25) is 0 Å². The molecule has 2 N–H and O–H groups in total. The summed E-state index contributed by atoms with van der Waals surface area (Å²) in [5.41, 5.74) is 0.630. The van der Waals surface area contributed by atoms with E-state index in [0.29, 0.717) is 37.6 Å². The minimum Gasteiger partial charge on any atom is -0.490 e. The standard InChI is InChI=1S/C13H14N2O3/c16-9-5-11-3-1-2-4-12(11)18-10-8-15-7-6-14-13(15)17/h1-4,16H,6-8,10H2,(H,14,17). The van der Waals surface area contributed by atoms with Crippen LogP contribution in [0, 0.1) is 12.0 Å². The molecule has 1 fully saturated rings. The minimum absolute atomic E-state index is 0.0537. The number of nitrogens with zero attached hydrogens (tertiary/aromatic N) is 1. The van der Waals surface area contributed by atoms with Crippen LogP contribution in [-0.2, 0) is 0 Å². The second-order valence-corrected chi connectivity index (χ2v) is 3.80. The lowest BCUT2D eigenvalue weighted by atomic mass is 10.2. The monoisotopic (exact) mass is 246 g/mol. The van der Waals surface area contributed by atoms with Gasteiger partial charge in [-0.2, -0.15) is 0 Å². The zero-order chi connectivity index (χ0) is 12.8. The van der Waals surface area contributed by atoms with E-state index in [9.17, 15) is 4.79 Å². The number of para-hydroxylation sites is 1. The highest BCUT2D eigenvalue weighted by Gasteiger charge is 2.18. The zero-order valence-corrected chi connectivity index (χ0v) is 9.85. The molecule has 1 aliphatic rings. The molecule has 18 heavy (non-hydrogen) atoms. The maximum Gasteiger partial charge on any atom is 0.317 e. The first-order chi connectivity index (χ1) is 8.81. The van der Waals surface area contributed by atoms with Gasteiger partial charge in [-0.3, -0.25) is 0 Å². The van der Waals surface area contributed by atoms with Crippen LogP contribution >= 0.6 is 0 Å². The quantitative estimate of drug-likeness (QED) is 0.771. The van der Waals surface area contributed by atoms with E-state index in [4.69, 9.17) is 9.84 Å². The van der Waals surface area contributed by atoms with E-state index in [0.717, 1.165) is 0 Å². The van der Waals surface area contributed by atoms with Gasteiger partial charge in [0.25, 0.3) is 0 Å².